The van der Waals surface area contributed by atoms with E-state index in [1.807, 2.05) is 59.8 Å². The summed E-state index contributed by atoms with van der Waals surface area (Å²) >= 11 is 0. The van der Waals surface area contributed by atoms with Gasteiger partial charge in [0.2, 0.25) is 0 Å². The number of esters is 1. The number of carbonyl (C=O) groups excluding carboxylic acids is 2. The van der Waals surface area contributed by atoms with Crippen molar-refractivity contribution in [2.45, 2.75) is 106 Å². The largest absolute Gasteiger partial charge is 0.456 e. The molecule has 1 aliphatic heterocycles. The molecule has 3 N–H and O–H groups in total. The summed E-state index contributed by atoms with van der Waals surface area (Å²) in [5.74, 6) is -2.52. The fourth-order valence-corrected chi connectivity index (χ4v) is 5.23. The van der Waals surface area contributed by atoms with Gasteiger partial charge in [-0.2, -0.15) is 0 Å². The van der Waals surface area contributed by atoms with Crippen molar-refractivity contribution in [2.24, 2.45) is 29.6 Å². The summed E-state index contributed by atoms with van der Waals surface area (Å²) in [6, 6.07) is 0. The molecular formula is C34H54O7. The minimum Gasteiger partial charge on any atom is -0.456 e. The molecule has 0 spiro atoms. The van der Waals surface area contributed by atoms with Crippen LogP contribution in [0.15, 0.2) is 59.3 Å². The van der Waals surface area contributed by atoms with Gasteiger partial charge in [0.15, 0.2) is 5.78 Å². The van der Waals surface area contributed by atoms with Crippen LogP contribution >= 0.6 is 0 Å². The maximum absolute atomic E-state index is 13.2. The predicted molar refractivity (Wildman–Crippen MR) is 164 cm³/mol. The molecule has 232 valence electrons. The van der Waals surface area contributed by atoms with Crippen molar-refractivity contribution in [3.63, 3.8) is 0 Å². The Morgan fingerprint density at radius 3 is 2.39 bits per heavy atom. The number of aliphatic hydroxyl groups excluding tert-OH is 3. The molecule has 10 atom stereocenters. The van der Waals surface area contributed by atoms with E-state index >= 15 is 0 Å². The third-order valence-corrected chi connectivity index (χ3v) is 8.19. The molecule has 1 heterocycles. The first-order chi connectivity index (χ1) is 19.1. The van der Waals surface area contributed by atoms with Crippen molar-refractivity contribution in [2.75, 3.05) is 7.11 Å². The second-order valence-electron chi connectivity index (χ2n) is 12.0. The van der Waals surface area contributed by atoms with Crippen LogP contribution in [-0.4, -0.2) is 64.7 Å². The van der Waals surface area contributed by atoms with E-state index in [4.69, 9.17) is 9.47 Å². The Morgan fingerprint density at radius 1 is 1.17 bits per heavy atom. The van der Waals surface area contributed by atoms with E-state index in [0.29, 0.717) is 18.4 Å². The SMILES string of the molecule is CC[C@H](O)[C@@H](C)/C=C/C(=O)[C@@H](C)C(O)[C@@H](C)C1OC(=O)/C(C)=C/C(C)=C\[C@@H](C)C(O)[C@@H](C)C/C(C)=C/C=C/[C@H]1OC. The highest BCUT2D eigenvalue weighted by atomic mass is 16.6. The first-order valence-corrected chi connectivity index (χ1v) is 14.8. The van der Waals surface area contributed by atoms with Gasteiger partial charge in [0.05, 0.1) is 18.3 Å². The number of hydrogen-bond donors (Lipinski definition) is 3. The molecule has 0 radical (unpaired) electrons. The molecule has 3 unspecified atom stereocenters. The van der Waals surface area contributed by atoms with E-state index in [0.717, 1.165) is 11.1 Å². The molecule has 0 aromatic carbocycles. The van der Waals surface area contributed by atoms with Gasteiger partial charge in [0, 0.05) is 36.4 Å². The quantitative estimate of drug-likeness (QED) is 0.246. The van der Waals surface area contributed by atoms with E-state index in [2.05, 4.69) is 0 Å². The summed E-state index contributed by atoms with van der Waals surface area (Å²) in [5, 5.41) is 32.1. The molecule has 41 heavy (non-hydrogen) atoms. The molecule has 0 aromatic heterocycles. The van der Waals surface area contributed by atoms with Crippen LogP contribution < -0.4 is 0 Å². The van der Waals surface area contributed by atoms with Crippen LogP contribution in [0.1, 0.15) is 75.2 Å². The highest BCUT2D eigenvalue weighted by Gasteiger charge is 2.37. The molecule has 0 bridgehead atoms. The van der Waals surface area contributed by atoms with Crippen LogP contribution in [0.3, 0.4) is 0 Å². The zero-order valence-electron chi connectivity index (χ0n) is 26.7. The summed E-state index contributed by atoms with van der Waals surface area (Å²) in [7, 11) is 1.51. The topological polar surface area (TPSA) is 113 Å². The average Bonchev–Trinajstić information content (AvgIpc) is 2.93. The Labute approximate surface area is 247 Å². The van der Waals surface area contributed by atoms with Gasteiger partial charge in [-0.05, 0) is 51.7 Å². The van der Waals surface area contributed by atoms with Crippen molar-refractivity contribution < 1.29 is 34.4 Å². The number of ether oxygens (including phenoxy) is 2. The fourth-order valence-electron chi connectivity index (χ4n) is 5.23. The van der Waals surface area contributed by atoms with E-state index < -0.39 is 48.3 Å². The fraction of sp³-hybridized carbons (Fsp3) is 0.647. The highest BCUT2D eigenvalue weighted by Crippen LogP contribution is 2.27. The van der Waals surface area contributed by atoms with Gasteiger partial charge < -0.3 is 24.8 Å². The molecule has 7 nitrogen and oxygen atoms in total. The van der Waals surface area contributed by atoms with E-state index in [9.17, 15) is 24.9 Å². The first kappa shape index (κ1) is 36.7. The normalized spacial score (nSPS) is 33.6. The lowest BCUT2D eigenvalue weighted by Crippen LogP contribution is -2.45. The summed E-state index contributed by atoms with van der Waals surface area (Å²) in [5.41, 5.74) is 2.28. The van der Waals surface area contributed by atoms with Gasteiger partial charge in [0.25, 0.3) is 0 Å². The molecule has 0 aliphatic carbocycles. The minimum absolute atomic E-state index is 0.0316. The van der Waals surface area contributed by atoms with Crippen LogP contribution in [0.5, 0.6) is 0 Å². The number of cyclic esters (lactones) is 1. The Morgan fingerprint density at radius 2 is 1.80 bits per heavy atom. The molecule has 0 aromatic rings. The molecule has 0 fully saturated rings. The molecule has 7 heteroatoms. The lowest BCUT2D eigenvalue weighted by Gasteiger charge is -2.33. The number of ketones is 1. The van der Waals surface area contributed by atoms with Gasteiger partial charge in [-0.3, -0.25) is 4.79 Å². The third-order valence-electron chi connectivity index (χ3n) is 8.19. The van der Waals surface area contributed by atoms with Gasteiger partial charge in [0.1, 0.15) is 12.2 Å². The zero-order chi connectivity index (χ0) is 31.4. The molecule has 1 rings (SSSR count). The first-order valence-electron chi connectivity index (χ1n) is 14.8. The molecule has 1 aliphatic rings. The molecular weight excluding hydrogens is 520 g/mol. The summed E-state index contributed by atoms with van der Waals surface area (Å²) in [6.07, 6.45) is 9.82. The smallest absolute Gasteiger partial charge is 0.334 e. The molecule has 0 saturated heterocycles. The van der Waals surface area contributed by atoms with Crippen LogP contribution in [0, 0.1) is 29.6 Å². The number of allylic oxidation sites excluding steroid dienone is 6. The Balaban J connectivity index is 3.41. The third kappa shape index (κ3) is 11.5. The van der Waals surface area contributed by atoms with Crippen LogP contribution in [-0.2, 0) is 19.1 Å². The lowest BCUT2D eigenvalue weighted by molar-refractivity contribution is -0.158. The van der Waals surface area contributed by atoms with Crippen molar-refractivity contribution in [1.82, 2.24) is 0 Å². The van der Waals surface area contributed by atoms with Crippen molar-refractivity contribution in [3.05, 3.63) is 59.3 Å². The minimum atomic E-state index is -1.13. The summed E-state index contributed by atoms with van der Waals surface area (Å²) in [6.45, 7) is 16.6. The van der Waals surface area contributed by atoms with Crippen molar-refractivity contribution in [3.8, 4) is 0 Å². The monoisotopic (exact) mass is 574 g/mol. The standard InChI is InChI=1S/C34H54O7/c1-11-28(35)22(4)15-16-29(36)26(8)32(38)27(9)33-30(40-10)14-12-13-20(2)17-23(5)31(37)24(6)18-21(3)19-25(7)34(39)41-33/h12-16,18-19,22-24,26-28,30-33,35,37-38H,11,17H2,1-10H3/b14-12+,16-15+,20-13+,21-18-,25-19+/t22-,23-,24+,26+,27+,28-,30+,31?,32?,33?/m0/s1. The van der Waals surface area contributed by atoms with E-state index in [1.165, 1.54) is 13.2 Å². The van der Waals surface area contributed by atoms with Gasteiger partial charge in [-0.15, -0.1) is 0 Å². The Hall–Kier alpha value is -2.32. The second kappa shape index (κ2) is 17.6. The predicted octanol–water partition coefficient (Wildman–Crippen LogP) is 5.51. The zero-order valence-corrected chi connectivity index (χ0v) is 26.7. The van der Waals surface area contributed by atoms with Crippen LogP contribution in [0.4, 0.5) is 0 Å². The lowest BCUT2D eigenvalue weighted by atomic mass is 9.84. The van der Waals surface area contributed by atoms with Crippen molar-refractivity contribution >= 4 is 11.8 Å². The van der Waals surface area contributed by atoms with E-state index in [1.54, 1.807) is 39.0 Å². The maximum Gasteiger partial charge on any atom is 0.334 e. The average molecular weight is 575 g/mol. The van der Waals surface area contributed by atoms with E-state index in [-0.39, 0.29) is 23.5 Å². The number of methoxy groups -OCH3 is 1. The van der Waals surface area contributed by atoms with Crippen molar-refractivity contribution in [1.29, 1.82) is 0 Å². The van der Waals surface area contributed by atoms with Crippen LogP contribution in [0.2, 0.25) is 0 Å². The Kier molecular flexibility index (Phi) is 15.8. The summed E-state index contributed by atoms with van der Waals surface area (Å²) in [4.78, 5) is 26.2. The van der Waals surface area contributed by atoms with Gasteiger partial charge in [-0.1, -0.05) is 83.1 Å². The number of hydrogen-bond acceptors (Lipinski definition) is 7. The van der Waals surface area contributed by atoms with Gasteiger partial charge >= 0.3 is 5.97 Å². The second-order valence-corrected chi connectivity index (χ2v) is 12.0. The number of carbonyl (C=O) groups is 2. The molecule has 0 saturated carbocycles. The van der Waals surface area contributed by atoms with Gasteiger partial charge in [-0.25, -0.2) is 4.79 Å². The maximum atomic E-state index is 13.2. The highest BCUT2D eigenvalue weighted by molar-refractivity contribution is 5.92. The number of aliphatic hydroxyl groups is 3. The Bertz CT molecular complexity index is 1000. The molecule has 0 amide bonds. The number of rotatable bonds is 9. The summed E-state index contributed by atoms with van der Waals surface area (Å²) < 4.78 is 11.7. The van der Waals surface area contributed by atoms with Crippen LogP contribution in [0.25, 0.3) is 0 Å².